The zero-order valence-electron chi connectivity index (χ0n) is 19.8. The van der Waals surface area contributed by atoms with Crippen LogP contribution in [0.25, 0.3) is 21.8 Å². The van der Waals surface area contributed by atoms with Crippen molar-refractivity contribution in [1.82, 2.24) is 9.55 Å². The maximum Gasteiger partial charge on any atom is 1.00 e. The first kappa shape index (κ1) is 36.2. The van der Waals surface area contributed by atoms with E-state index in [1.165, 1.54) is 23.7 Å². The maximum absolute atomic E-state index is 11.3. The van der Waals surface area contributed by atoms with Gasteiger partial charge in [-0.1, -0.05) is 45.8 Å². The molecule has 0 radical (unpaired) electrons. The summed E-state index contributed by atoms with van der Waals surface area (Å²) in [5, 5.41) is 9.86. The Morgan fingerprint density at radius 3 is 2.00 bits per heavy atom. The fourth-order valence-corrected chi connectivity index (χ4v) is 2.68. The third-order valence-electron chi connectivity index (χ3n) is 3.66. The number of H-pyrrole nitrogens is 1. The number of aryl methyl sites for hydroxylation is 1. The van der Waals surface area contributed by atoms with Gasteiger partial charge < -0.3 is 20.4 Å². The van der Waals surface area contributed by atoms with Crippen molar-refractivity contribution in [3.05, 3.63) is 88.4 Å². The molecule has 0 fully saturated rings. The van der Waals surface area contributed by atoms with Gasteiger partial charge in [0.1, 0.15) is 0 Å². The van der Waals surface area contributed by atoms with Gasteiger partial charge in [-0.25, -0.2) is 19.2 Å². The van der Waals surface area contributed by atoms with Crippen LogP contribution in [0.1, 0.15) is 1.43 Å². The van der Waals surface area contributed by atoms with Crippen molar-refractivity contribution in [2.75, 3.05) is 4.93 Å². The molecule has 0 saturated heterocycles. The molecular formula is C19H15Cl2IN2Na2O9. The van der Waals surface area contributed by atoms with Crippen LogP contribution >= 0.6 is 45.8 Å². The smallest absolute Gasteiger partial charge is 1.00 e. The summed E-state index contributed by atoms with van der Waals surface area (Å²) in [5.74, 6) is -1.44. The number of halogens is 3. The number of aromatic nitrogens is 2. The van der Waals surface area contributed by atoms with Crippen LogP contribution in [0, 0.1) is 0 Å². The summed E-state index contributed by atoms with van der Waals surface area (Å²) in [6, 6.07) is 9.27. The summed E-state index contributed by atoms with van der Waals surface area (Å²) in [6.07, 6.45) is 0. The Bertz CT molecular complexity index is 1490. The molecule has 0 aliphatic rings. The summed E-state index contributed by atoms with van der Waals surface area (Å²) in [4.78, 5) is 59.8. The van der Waals surface area contributed by atoms with Gasteiger partial charge >= 0.3 is 81.9 Å². The Kier molecular flexibility index (Phi) is 19.0. The van der Waals surface area contributed by atoms with E-state index in [0.717, 1.165) is 0 Å². The molecule has 0 aliphatic carbocycles. The van der Waals surface area contributed by atoms with E-state index < -0.39 is 22.8 Å². The van der Waals surface area contributed by atoms with E-state index in [-0.39, 0.29) is 72.4 Å². The van der Waals surface area contributed by atoms with Gasteiger partial charge in [-0.05, 0) is 41.3 Å². The second-order valence-corrected chi connectivity index (χ2v) is 6.43. The predicted octanol–water partition coefficient (Wildman–Crippen LogP) is -4.11. The van der Waals surface area contributed by atoms with Crippen LogP contribution in [0.15, 0.2) is 64.4 Å². The number of rotatable bonds is 1. The van der Waals surface area contributed by atoms with Crippen molar-refractivity contribution in [3.63, 3.8) is 0 Å². The molecule has 0 amide bonds. The van der Waals surface area contributed by atoms with Gasteiger partial charge in [0.15, 0.2) is 0 Å². The number of hydrogen-bond donors (Lipinski definition) is 1. The Morgan fingerprint density at radius 2 is 1.46 bits per heavy atom. The van der Waals surface area contributed by atoms with E-state index in [1.54, 1.807) is 24.3 Å². The standard InChI is InChI=1S/C9H6ClNO3.C8H4ClNO3.CH3I.CH2O3.2Na.H/c1-11-7-3-2-5(10)4-6(7)8(12)14-9(11)13;9-4-1-2-6-5(3-4)7(11)13-8(12)10-6;1-2;2-1-4-3;;;/h2-4H,1H3;1-3H,(H,10,12);1H3;1,3H;;;/q;;;;2*+1;-1/p-1. The van der Waals surface area contributed by atoms with E-state index >= 15 is 0 Å². The summed E-state index contributed by atoms with van der Waals surface area (Å²) < 4.78 is 10.0. The molecule has 0 saturated carbocycles. The first-order valence-corrected chi connectivity index (χ1v) is 11.3. The van der Waals surface area contributed by atoms with E-state index in [4.69, 9.17) is 33.3 Å². The van der Waals surface area contributed by atoms with Crippen molar-refractivity contribution in [2.45, 2.75) is 0 Å². The van der Waals surface area contributed by atoms with Gasteiger partial charge in [0.25, 0.3) is 6.47 Å². The zero-order chi connectivity index (χ0) is 25.1. The number of hydrogen-bond acceptors (Lipinski definition) is 9. The van der Waals surface area contributed by atoms with Crippen molar-refractivity contribution in [2.24, 2.45) is 7.05 Å². The van der Waals surface area contributed by atoms with Crippen molar-refractivity contribution in [3.8, 4) is 0 Å². The SMILES string of the molecule is CI.Cn1c(=O)oc(=O)c2cc(Cl)ccc21.O=CO[O-].O=c1[nH]c2ccc(Cl)cc2c(=O)o1.[H-].[Na+].[Na+]. The Hall–Kier alpha value is -0.940. The Morgan fingerprint density at radius 1 is 0.971 bits per heavy atom. The van der Waals surface area contributed by atoms with Gasteiger partial charge in [-0.15, -0.1) is 0 Å². The van der Waals surface area contributed by atoms with E-state index in [9.17, 15) is 19.2 Å². The zero-order valence-corrected chi connectivity index (χ0v) is 26.5. The van der Waals surface area contributed by atoms with Gasteiger partial charge in [0, 0.05) is 17.1 Å². The number of carbonyl (C=O) groups excluding carboxylic acids is 1. The van der Waals surface area contributed by atoms with E-state index in [1.807, 2.05) is 4.93 Å². The molecule has 11 nitrogen and oxygen atoms in total. The van der Waals surface area contributed by atoms with Crippen LogP contribution in [0.5, 0.6) is 0 Å². The average molecular weight is 659 g/mol. The monoisotopic (exact) mass is 658 g/mol. The van der Waals surface area contributed by atoms with Crippen LogP contribution in [0.3, 0.4) is 0 Å². The van der Waals surface area contributed by atoms with Crippen molar-refractivity contribution in [1.29, 1.82) is 0 Å². The van der Waals surface area contributed by atoms with Crippen LogP contribution in [0.4, 0.5) is 0 Å². The predicted molar refractivity (Wildman–Crippen MR) is 129 cm³/mol. The number of alkyl halides is 1. The minimum absolute atomic E-state index is 0. The minimum Gasteiger partial charge on any atom is -1.00 e. The maximum atomic E-state index is 11.3. The quantitative estimate of drug-likeness (QED) is 0.0534. The molecular weight excluding hydrogens is 644 g/mol. The number of nitrogens with zero attached hydrogens (tertiary/aromatic N) is 1. The number of aromatic amines is 1. The molecule has 0 unspecified atom stereocenters. The number of nitrogens with one attached hydrogen (secondary N) is 1. The molecule has 0 spiro atoms. The van der Waals surface area contributed by atoms with Crippen LogP contribution in [-0.4, -0.2) is 21.0 Å². The van der Waals surface area contributed by atoms with Gasteiger partial charge in [-0.3, -0.25) is 14.3 Å². The number of benzene rings is 2. The molecule has 0 bridgehead atoms. The molecule has 178 valence electrons. The van der Waals surface area contributed by atoms with Crippen LogP contribution < -0.4 is 87.1 Å². The van der Waals surface area contributed by atoms with Gasteiger partial charge in [0.05, 0.1) is 21.8 Å². The van der Waals surface area contributed by atoms with Crippen molar-refractivity contribution < 1.29 is 84.3 Å². The molecule has 0 aliphatic heterocycles. The summed E-state index contributed by atoms with van der Waals surface area (Å²) in [7, 11) is 1.53. The third kappa shape index (κ3) is 10.9. The van der Waals surface area contributed by atoms with Crippen LogP contribution in [0.2, 0.25) is 10.0 Å². The van der Waals surface area contributed by atoms with E-state index in [2.05, 4.69) is 41.3 Å². The summed E-state index contributed by atoms with van der Waals surface area (Å²) in [6.45, 7) is -0.181. The molecule has 4 rings (SSSR count). The first-order valence-electron chi connectivity index (χ1n) is 8.40. The minimum atomic E-state index is -0.764. The molecule has 2 aromatic carbocycles. The summed E-state index contributed by atoms with van der Waals surface area (Å²) in [5.41, 5.74) is -0.409. The largest absolute Gasteiger partial charge is 1.00 e. The average Bonchev–Trinajstić information content (AvgIpc) is 2.80. The fourth-order valence-electron chi connectivity index (χ4n) is 2.33. The normalized spacial score (nSPS) is 8.97. The molecule has 2 heterocycles. The molecule has 4 aromatic rings. The molecule has 2 aromatic heterocycles. The van der Waals surface area contributed by atoms with Crippen molar-refractivity contribution >= 4 is 74.1 Å². The van der Waals surface area contributed by atoms with Crippen LogP contribution in [-0.2, 0) is 16.7 Å². The van der Waals surface area contributed by atoms with Gasteiger partial charge in [0.2, 0.25) is 0 Å². The second-order valence-electron chi connectivity index (χ2n) is 5.56. The molecule has 35 heavy (non-hydrogen) atoms. The Labute approximate surface area is 265 Å². The summed E-state index contributed by atoms with van der Waals surface area (Å²) >= 11 is 13.5. The Balaban J connectivity index is -0.000000467. The fraction of sp³-hybridized carbons (Fsp3) is 0.105. The number of fused-ring (bicyclic) bond motifs is 2. The third-order valence-corrected chi connectivity index (χ3v) is 4.13. The second kappa shape index (κ2) is 18.3. The molecule has 1 N–H and O–H groups in total. The molecule has 16 heteroatoms. The topological polar surface area (TPSA) is 165 Å². The van der Waals surface area contributed by atoms with E-state index in [0.29, 0.717) is 26.5 Å². The van der Waals surface area contributed by atoms with Gasteiger partial charge in [-0.2, -0.15) is 0 Å². The molecule has 0 atom stereocenters. The number of carbonyl (C=O) groups is 1. The first-order chi connectivity index (χ1) is 15.7.